The van der Waals surface area contributed by atoms with Crippen molar-refractivity contribution in [1.29, 1.82) is 0 Å². The van der Waals surface area contributed by atoms with E-state index in [0.29, 0.717) is 18.4 Å². The molecule has 0 saturated carbocycles. The summed E-state index contributed by atoms with van der Waals surface area (Å²) in [5, 5.41) is 1.18. The highest BCUT2D eigenvalue weighted by molar-refractivity contribution is 5.80. The van der Waals surface area contributed by atoms with Crippen LogP contribution in [0.3, 0.4) is 0 Å². The standard InChI is InChI=1S/C18H18N4O/c1-2-4-16-15(3-1)5-6-17(21-16)22-10-7-14(12-22)13-23-18-11-19-8-9-20-18/h1-6,8-9,11,14H,7,10,12-13H2. The van der Waals surface area contributed by atoms with Crippen molar-refractivity contribution in [3.05, 3.63) is 55.0 Å². The molecular formula is C18H18N4O. The minimum atomic E-state index is 0.491. The lowest BCUT2D eigenvalue weighted by Gasteiger charge is -2.18. The van der Waals surface area contributed by atoms with Crippen molar-refractivity contribution < 1.29 is 4.74 Å². The largest absolute Gasteiger partial charge is 0.476 e. The number of nitrogens with zero attached hydrogens (tertiary/aromatic N) is 4. The fourth-order valence-electron chi connectivity index (χ4n) is 2.97. The summed E-state index contributed by atoms with van der Waals surface area (Å²) in [6.45, 7) is 2.65. The highest BCUT2D eigenvalue weighted by Crippen LogP contribution is 2.24. The zero-order valence-corrected chi connectivity index (χ0v) is 12.8. The summed E-state index contributed by atoms with van der Waals surface area (Å²) in [6, 6.07) is 12.5. The first-order valence-corrected chi connectivity index (χ1v) is 7.88. The van der Waals surface area contributed by atoms with Crippen LogP contribution in [0.2, 0.25) is 0 Å². The molecule has 0 amide bonds. The van der Waals surface area contributed by atoms with Crippen LogP contribution in [0.25, 0.3) is 10.9 Å². The van der Waals surface area contributed by atoms with E-state index >= 15 is 0 Å². The maximum atomic E-state index is 5.72. The predicted molar refractivity (Wildman–Crippen MR) is 89.6 cm³/mol. The van der Waals surface area contributed by atoms with Crippen LogP contribution < -0.4 is 9.64 Å². The quantitative estimate of drug-likeness (QED) is 0.742. The van der Waals surface area contributed by atoms with Gasteiger partial charge in [-0.05, 0) is 24.6 Å². The van der Waals surface area contributed by atoms with Crippen molar-refractivity contribution in [2.75, 3.05) is 24.6 Å². The van der Waals surface area contributed by atoms with Crippen molar-refractivity contribution >= 4 is 16.7 Å². The zero-order chi connectivity index (χ0) is 15.5. The van der Waals surface area contributed by atoms with Crippen molar-refractivity contribution in [2.24, 2.45) is 5.92 Å². The van der Waals surface area contributed by atoms with Gasteiger partial charge >= 0.3 is 0 Å². The Hall–Kier alpha value is -2.69. The van der Waals surface area contributed by atoms with Crippen LogP contribution in [-0.4, -0.2) is 34.6 Å². The van der Waals surface area contributed by atoms with Gasteiger partial charge in [0.1, 0.15) is 5.82 Å². The van der Waals surface area contributed by atoms with Crippen LogP contribution >= 0.6 is 0 Å². The van der Waals surface area contributed by atoms with E-state index in [1.54, 1.807) is 18.6 Å². The minimum Gasteiger partial charge on any atom is -0.476 e. The van der Waals surface area contributed by atoms with Crippen LogP contribution in [0, 0.1) is 5.92 Å². The second kappa shape index (κ2) is 6.20. The van der Waals surface area contributed by atoms with Gasteiger partial charge in [0.05, 0.1) is 18.3 Å². The summed E-state index contributed by atoms with van der Waals surface area (Å²) in [7, 11) is 0. The Bertz CT molecular complexity index is 793. The molecule has 1 unspecified atom stereocenters. The molecule has 2 aromatic heterocycles. The van der Waals surface area contributed by atoms with Gasteiger partial charge in [0.15, 0.2) is 0 Å². The number of benzene rings is 1. The third-order valence-corrected chi connectivity index (χ3v) is 4.20. The maximum Gasteiger partial charge on any atom is 0.232 e. The lowest BCUT2D eigenvalue weighted by Crippen LogP contribution is -2.22. The van der Waals surface area contributed by atoms with Crippen molar-refractivity contribution in [3.63, 3.8) is 0 Å². The fraction of sp³-hybridized carbons (Fsp3) is 0.278. The summed E-state index contributed by atoms with van der Waals surface area (Å²) in [5.41, 5.74) is 1.05. The Kier molecular flexibility index (Phi) is 3.76. The number of pyridine rings is 1. The van der Waals surface area contributed by atoms with E-state index in [9.17, 15) is 0 Å². The molecule has 23 heavy (non-hydrogen) atoms. The molecule has 0 spiro atoms. The third-order valence-electron chi connectivity index (χ3n) is 4.20. The van der Waals surface area contributed by atoms with Crippen LogP contribution in [0.5, 0.6) is 5.88 Å². The van der Waals surface area contributed by atoms with Crippen LogP contribution in [0.15, 0.2) is 55.0 Å². The molecule has 3 heterocycles. The van der Waals surface area contributed by atoms with Gasteiger partial charge < -0.3 is 9.64 Å². The number of fused-ring (bicyclic) bond motifs is 1. The minimum absolute atomic E-state index is 0.491. The SMILES string of the molecule is c1ccc2nc(N3CCC(COc4cnccn4)C3)ccc2c1. The number of aromatic nitrogens is 3. The smallest absolute Gasteiger partial charge is 0.232 e. The van der Waals surface area contributed by atoms with Crippen molar-refractivity contribution in [1.82, 2.24) is 15.0 Å². The molecule has 5 heteroatoms. The Morgan fingerprint density at radius 1 is 1.13 bits per heavy atom. The summed E-state index contributed by atoms with van der Waals surface area (Å²) >= 11 is 0. The highest BCUT2D eigenvalue weighted by Gasteiger charge is 2.24. The van der Waals surface area contributed by atoms with E-state index in [1.165, 1.54) is 5.39 Å². The van der Waals surface area contributed by atoms with Gasteiger partial charge in [-0.3, -0.25) is 4.98 Å². The van der Waals surface area contributed by atoms with Gasteiger partial charge in [-0.2, -0.15) is 0 Å². The number of anilines is 1. The number of rotatable bonds is 4. The van der Waals surface area contributed by atoms with E-state index in [-0.39, 0.29) is 0 Å². The van der Waals surface area contributed by atoms with E-state index < -0.39 is 0 Å². The van der Waals surface area contributed by atoms with Crippen LogP contribution in [0.1, 0.15) is 6.42 Å². The van der Waals surface area contributed by atoms with Gasteiger partial charge in [0, 0.05) is 36.8 Å². The molecule has 5 nitrogen and oxygen atoms in total. The van der Waals surface area contributed by atoms with Crippen LogP contribution in [-0.2, 0) is 0 Å². The molecule has 0 radical (unpaired) electrons. The summed E-state index contributed by atoms with van der Waals surface area (Å²) in [5.74, 6) is 2.13. The van der Waals surface area contributed by atoms with Crippen molar-refractivity contribution in [2.45, 2.75) is 6.42 Å². The second-order valence-corrected chi connectivity index (χ2v) is 5.82. The molecule has 116 valence electrons. The topological polar surface area (TPSA) is 51.1 Å². The molecule has 1 saturated heterocycles. The monoisotopic (exact) mass is 306 g/mol. The molecule has 1 aliphatic heterocycles. The van der Waals surface area contributed by atoms with Gasteiger partial charge in [-0.1, -0.05) is 18.2 Å². The first kappa shape index (κ1) is 13.9. The first-order chi connectivity index (χ1) is 11.4. The average molecular weight is 306 g/mol. The van der Waals surface area contributed by atoms with E-state index in [2.05, 4.69) is 39.1 Å². The van der Waals surface area contributed by atoms with E-state index in [4.69, 9.17) is 9.72 Å². The lowest BCUT2D eigenvalue weighted by molar-refractivity contribution is 0.251. The van der Waals surface area contributed by atoms with Gasteiger partial charge in [0.2, 0.25) is 5.88 Å². The first-order valence-electron chi connectivity index (χ1n) is 7.88. The Labute approximate surface area is 135 Å². The summed E-state index contributed by atoms with van der Waals surface area (Å²) in [6.07, 6.45) is 6.05. The van der Waals surface area contributed by atoms with E-state index in [0.717, 1.165) is 30.8 Å². The van der Waals surface area contributed by atoms with Gasteiger partial charge in [-0.15, -0.1) is 0 Å². The average Bonchev–Trinajstić information content (AvgIpc) is 3.09. The number of ether oxygens (including phenoxy) is 1. The van der Waals surface area contributed by atoms with Crippen molar-refractivity contribution in [3.8, 4) is 5.88 Å². The van der Waals surface area contributed by atoms with E-state index in [1.807, 2.05) is 12.1 Å². The molecule has 4 rings (SSSR count). The Morgan fingerprint density at radius 2 is 2.09 bits per heavy atom. The van der Waals surface area contributed by atoms with Gasteiger partial charge in [-0.25, -0.2) is 9.97 Å². The van der Waals surface area contributed by atoms with Gasteiger partial charge in [0.25, 0.3) is 0 Å². The Morgan fingerprint density at radius 3 is 3.00 bits per heavy atom. The lowest BCUT2D eigenvalue weighted by atomic mass is 10.1. The Balaban J connectivity index is 1.41. The summed E-state index contributed by atoms with van der Waals surface area (Å²) in [4.78, 5) is 15.3. The molecule has 3 aromatic rings. The molecule has 1 atom stereocenters. The molecule has 0 aliphatic carbocycles. The maximum absolute atomic E-state index is 5.72. The molecular weight excluding hydrogens is 288 g/mol. The second-order valence-electron chi connectivity index (χ2n) is 5.82. The highest BCUT2D eigenvalue weighted by atomic mass is 16.5. The van der Waals surface area contributed by atoms with Crippen LogP contribution in [0.4, 0.5) is 5.82 Å². The molecule has 1 aromatic carbocycles. The number of para-hydroxylation sites is 1. The predicted octanol–water partition coefficient (Wildman–Crippen LogP) is 2.93. The summed E-state index contributed by atoms with van der Waals surface area (Å²) < 4.78 is 5.72. The molecule has 0 N–H and O–H groups in total. The molecule has 1 aliphatic rings. The fourth-order valence-corrected chi connectivity index (χ4v) is 2.97. The molecule has 0 bridgehead atoms. The molecule has 1 fully saturated rings. The number of hydrogen-bond donors (Lipinski definition) is 0. The third kappa shape index (κ3) is 3.08. The number of hydrogen-bond acceptors (Lipinski definition) is 5. The normalized spacial score (nSPS) is 17.6. The zero-order valence-electron chi connectivity index (χ0n) is 12.8.